The number of carbonyl (C=O) groups is 1. The van der Waals surface area contributed by atoms with E-state index in [1.54, 1.807) is 19.1 Å². The van der Waals surface area contributed by atoms with Crippen LogP contribution in [0.15, 0.2) is 18.2 Å². The van der Waals surface area contributed by atoms with Gasteiger partial charge < -0.3 is 10.6 Å². The highest BCUT2D eigenvalue weighted by molar-refractivity contribution is 5.98. The fourth-order valence-electron chi connectivity index (χ4n) is 2.13. The van der Waals surface area contributed by atoms with Gasteiger partial charge in [-0.3, -0.25) is 4.79 Å². The first kappa shape index (κ1) is 12.0. The van der Waals surface area contributed by atoms with Crippen molar-refractivity contribution < 1.29 is 9.18 Å². The average molecular weight is 236 g/mol. The molecule has 0 aliphatic carbocycles. The molecule has 2 rings (SSSR count). The molecule has 0 saturated carbocycles. The second-order valence-corrected chi connectivity index (χ2v) is 4.75. The van der Waals surface area contributed by atoms with Crippen LogP contribution in [0.3, 0.4) is 0 Å². The number of hydrogen-bond donors (Lipinski definition) is 2. The summed E-state index contributed by atoms with van der Waals surface area (Å²) in [6, 6.07) is 4.77. The van der Waals surface area contributed by atoms with Crippen LogP contribution in [0.4, 0.5) is 10.1 Å². The molecular weight excluding hydrogens is 219 g/mol. The van der Waals surface area contributed by atoms with Gasteiger partial charge in [-0.25, -0.2) is 4.39 Å². The van der Waals surface area contributed by atoms with Gasteiger partial charge >= 0.3 is 0 Å². The Morgan fingerprint density at radius 1 is 1.53 bits per heavy atom. The lowest BCUT2D eigenvalue weighted by Gasteiger charge is -2.23. The van der Waals surface area contributed by atoms with E-state index in [4.69, 9.17) is 0 Å². The van der Waals surface area contributed by atoms with Crippen molar-refractivity contribution in [1.29, 1.82) is 0 Å². The molecule has 1 heterocycles. The molecule has 1 unspecified atom stereocenters. The number of carbonyl (C=O) groups excluding carboxylic acids is 1. The van der Waals surface area contributed by atoms with Gasteiger partial charge in [0, 0.05) is 0 Å². The lowest BCUT2D eigenvalue weighted by Crippen LogP contribution is -2.48. The number of nitrogens with one attached hydrogen (secondary N) is 2. The van der Waals surface area contributed by atoms with Gasteiger partial charge in [0.2, 0.25) is 5.91 Å². The maximum Gasteiger partial charge on any atom is 0.244 e. The SMILES string of the molecule is Cc1cccc(F)c1NC(=O)C1(C)CCCN1. The fourth-order valence-corrected chi connectivity index (χ4v) is 2.13. The van der Waals surface area contributed by atoms with Crippen LogP contribution < -0.4 is 10.6 Å². The summed E-state index contributed by atoms with van der Waals surface area (Å²) in [6.45, 7) is 4.47. The number of para-hydroxylation sites is 1. The lowest BCUT2D eigenvalue weighted by molar-refractivity contribution is -0.121. The van der Waals surface area contributed by atoms with Crippen molar-refractivity contribution in [2.75, 3.05) is 11.9 Å². The highest BCUT2D eigenvalue weighted by atomic mass is 19.1. The number of hydrogen-bond acceptors (Lipinski definition) is 2. The van der Waals surface area contributed by atoms with Crippen molar-refractivity contribution in [1.82, 2.24) is 5.32 Å². The summed E-state index contributed by atoms with van der Waals surface area (Å²) >= 11 is 0. The Balaban J connectivity index is 2.18. The second kappa shape index (κ2) is 4.45. The van der Waals surface area contributed by atoms with Gasteiger partial charge in [0.05, 0.1) is 11.2 Å². The number of aryl methyl sites for hydroxylation is 1. The van der Waals surface area contributed by atoms with Gasteiger partial charge in [0.25, 0.3) is 0 Å². The summed E-state index contributed by atoms with van der Waals surface area (Å²) in [4.78, 5) is 12.1. The predicted octanol–water partition coefficient (Wildman–Crippen LogP) is 2.21. The highest BCUT2D eigenvalue weighted by Crippen LogP contribution is 2.24. The molecule has 92 valence electrons. The van der Waals surface area contributed by atoms with Crippen LogP contribution in [0.5, 0.6) is 0 Å². The van der Waals surface area contributed by atoms with E-state index in [1.807, 2.05) is 6.92 Å². The van der Waals surface area contributed by atoms with E-state index in [2.05, 4.69) is 10.6 Å². The van der Waals surface area contributed by atoms with Gasteiger partial charge in [0.15, 0.2) is 0 Å². The molecule has 1 aromatic rings. The van der Waals surface area contributed by atoms with E-state index < -0.39 is 5.54 Å². The van der Waals surface area contributed by atoms with Crippen molar-refractivity contribution in [3.63, 3.8) is 0 Å². The maximum atomic E-state index is 13.6. The summed E-state index contributed by atoms with van der Waals surface area (Å²) in [5.74, 6) is -0.553. The zero-order valence-corrected chi connectivity index (χ0v) is 10.1. The van der Waals surface area contributed by atoms with Crippen LogP contribution in [-0.4, -0.2) is 18.0 Å². The van der Waals surface area contributed by atoms with E-state index in [1.165, 1.54) is 6.07 Å². The number of benzene rings is 1. The molecule has 1 amide bonds. The number of halogens is 1. The molecule has 4 heteroatoms. The quantitative estimate of drug-likeness (QED) is 0.826. The van der Waals surface area contributed by atoms with E-state index >= 15 is 0 Å². The number of amides is 1. The maximum absolute atomic E-state index is 13.6. The molecule has 0 spiro atoms. The normalized spacial score (nSPS) is 23.7. The van der Waals surface area contributed by atoms with E-state index in [-0.39, 0.29) is 17.4 Å². The van der Waals surface area contributed by atoms with Gasteiger partial charge in [-0.1, -0.05) is 12.1 Å². The summed E-state index contributed by atoms with van der Waals surface area (Å²) < 4.78 is 13.6. The lowest BCUT2D eigenvalue weighted by atomic mass is 9.99. The molecule has 3 nitrogen and oxygen atoms in total. The Bertz CT molecular complexity index is 419. The second-order valence-electron chi connectivity index (χ2n) is 4.75. The minimum atomic E-state index is -0.575. The predicted molar refractivity (Wildman–Crippen MR) is 65.4 cm³/mol. The monoisotopic (exact) mass is 236 g/mol. The van der Waals surface area contributed by atoms with E-state index in [9.17, 15) is 9.18 Å². The van der Waals surface area contributed by atoms with Gasteiger partial charge in [0.1, 0.15) is 5.82 Å². The third-order valence-corrected chi connectivity index (χ3v) is 3.33. The van der Waals surface area contributed by atoms with Crippen LogP contribution >= 0.6 is 0 Å². The first-order chi connectivity index (χ1) is 8.03. The first-order valence-electron chi connectivity index (χ1n) is 5.84. The van der Waals surface area contributed by atoms with Crippen molar-refractivity contribution in [2.45, 2.75) is 32.2 Å². The molecule has 1 saturated heterocycles. The van der Waals surface area contributed by atoms with E-state index in [0.29, 0.717) is 0 Å². The molecule has 2 N–H and O–H groups in total. The third-order valence-electron chi connectivity index (χ3n) is 3.33. The van der Waals surface area contributed by atoms with Gasteiger partial charge in [-0.15, -0.1) is 0 Å². The Morgan fingerprint density at radius 2 is 2.29 bits per heavy atom. The number of rotatable bonds is 2. The molecule has 17 heavy (non-hydrogen) atoms. The van der Waals surface area contributed by atoms with Crippen LogP contribution in [0.25, 0.3) is 0 Å². The zero-order valence-electron chi connectivity index (χ0n) is 10.1. The molecule has 0 radical (unpaired) electrons. The minimum absolute atomic E-state index is 0.164. The molecule has 1 fully saturated rings. The van der Waals surface area contributed by atoms with Crippen molar-refractivity contribution in [3.8, 4) is 0 Å². The zero-order chi connectivity index (χ0) is 12.5. The third kappa shape index (κ3) is 2.31. The standard InChI is InChI=1S/C13H17FN2O/c1-9-5-3-6-10(14)11(9)16-12(17)13(2)7-4-8-15-13/h3,5-6,15H,4,7-8H2,1-2H3,(H,16,17). The summed E-state index contributed by atoms with van der Waals surface area (Å²) in [7, 11) is 0. The first-order valence-corrected chi connectivity index (χ1v) is 5.84. The van der Waals surface area contributed by atoms with Crippen LogP contribution in [0.2, 0.25) is 0 Å². The Hall–Kier alpha value is -1.42. The molecule has 1 aromatic carbocycles. The summed E-state index contributed by atoms with van der Waals surface area (Å²) in [5, 5.41) is 5.84. The van der Waals surface area contributed by atoms with Crippen molar-refractivity contribution >= 4 is 11.6 Å². The topological polar surface area (TPSA) is 41.1 Å². The minimum Gasteiger partial charge on any atom is -0.322 e. The Labute approximate surface area is 100 Å². The highest BCUT2D eigenvalue weighted by Gasteiger charge is 2.36. The molecule has 0 bridgehead atoms. The van der Waals surface area contributed by atoms with Crippen LogP contribution in [0, 0.1) is 12.7 Å². The molecule has 1 aliphatic rings. The van der Waals surface area contributed by atoms with Gasteiger partial charge in [-0.05, 0) is 44.9 Å². The largest absolute Gasteiger partial charge is 0.322 e. The average Bonchev–Trinajstić information content (AvgIpc) is 2.72. The molecule has 1 atom stereocenters. The number of anilines is 1. The fraction of sp³-hybridized carbons (Fsp3) is 0.462. The Kier molecular flexibility index (Phi) is 3.15. The van der Waals surface area contributed by atoms with Crippen LogP contribution in [-0.2, 0) is 4.79 Å². The molecule has 0 aromatic heterocycles. The van der Waals surface area contributed by atoms with Crippen molar-refractivity contribution in [3.05, 3.63) is 29.6 Å². The summed E-state index contributed by atoms with van der Waals surface area (Å²) in [5.41, 5.74) is 0.446. The smallest absolute Gasteiger partial charge is 0.244 e. The molecule has 1 aliphatic heterocycles. The van der Waals surface area contributed by atoms with Crippen molar-refractivity contribution in [2.24, 2.45) is 0 Å². The van der Waals surface area contributed by atoms with E-state index in [0.717, 1.165) is 24.9 Å². The molecular formula is C13H17FN2O. The summed E-state index contributed by atoms with van der Waals surface area (Å²) in [6.07, 6.45) is 1.76. The van der Waals surface area contributed by atoms with Crippen LogP contribution in [0.1, 0.15) is 25.3 Å². The van der Waals surface area contributed by atoms with Gasteiger partial charge in [-0.2, -0.15) is 0 Å². The Morgan fingerprint density at radius 3 is 2.88 bits per heavy atom.